The summed E-state index contributed by atoms with van der Waals surface area (Å²) >= 11 is 0. The smallest absolute Gasteiger partial charge is 0.193 e. The second-order valence-corrected chi connectivity index (χ2v) is 8.44. The first-order valence-electron chi connectivity index (χ1n) is 12.5. The molecule has 33 heavy (non-hydrogen) atoms. The summed E-state index contributed by atoms with van der Waals surface area (Å²) in [5.41, 5.74) is 2.85. The van der Waals surface area contributed by atoms with Crippen molar-refractivity contribution >= 4 is 5.78 Å². The Morgan fingerprint density at radius 1 is 0.545 bits per heavy atom. The van der Waals surface area contributed by atoms with E-state index in [1.807, 2.05) is 84.9 Å². The molecule has 0 spiro atoms. The third kappa shape index (κ3) is 12.8. The summed E-state index contributed by atoms with van der Waals surface area (Å²) in [4.78, 5) is 12.7. The van der Waals surface area contributed by atoms with Crippen molar-refractivity contribution in [1.29, 1.82) is 0 Å². The molecule has 0 unspecified atom stereocenters. The standard InChI is InChI=1S/C25H34O.C6H6.Au/c1-2-3-4-5-6-7-8-9-10-12-17-22-18-15-16-21-24(22)25(26)23-19-13-11-14-20-23;1-2-4-6-5-3-1;/h11,13-16,18-21H,2-10,12,17H2,1H3;1-6H;. The number of hydrogen-bond donors (Lipinski definition) is 0. The fourth-order valence-corrected chi connectivity index (χ4v) is 3.89. The van der Waals surface area contributed by atoms with Crippen LogP contribution in [0.3, 0.4) is 0 Å². The minimum Gasteiger partial charge on any atom is -0.289 e. The van der Waals surface area contributed by atoms with Gasteiger partial charge < -0.3 is 0 Å². The maximum atomic E-state index is 12.7. The zero-order valence-corrected chi connectivity index (χ0v) is 22.3. The number of unbranched alkanes of at least 4 members (excludes halogenated alkanes) is 9. The van der Waals surface area contributed by atoms with E-state index in [0.29, 0.717) is 0 Å². The molecule has 0 N–H and O–H groups in total. The van der Waals surface area contributed by atoms with Gasteiger partial charge in [-0.25, -0.2) is 0 Å². The number of hydrogen-bond acceptors (Lipinski definition) is 1. The van der Waals surface area contributed by atoms with Gasteiger partial charge in [-0.2, -0.15) is 0 Å². The fourth-order valence-electron chi connectivity index (χ4n) is 3.89. The van der Waals surface area contributed by atoms with E-state index in [-0.39, 0.29) is 28.2 Å². The molecule has 0 aliphatic rings. The normalized spacial score (nSPS) is 9.97. The zero-order valence-electron chi connectivity index (χ0n) is 20.1. The molecule has 0 bridgehead atoms. The van der Waals surface area contributed by atoms with Gasteiger partial charge in [-0.3, -0.25) is 4.79 Å². The van der Waals surface area contributed by atoms with Crippen molar-refractivity contribution in [3.63, 3.8) is 0 Å². The third-order valence-electron chi connectivity index (χ3n) is 5.76. The predicted octanol–water partition coefficient (Wildman–Crippen LogP) is 9.07. The average molecular weight is 626 g/mol. The molecule has 0 saturated carbocycles. The monoisotopic (exact) mass is 625 g/mol. The van der Waals surface area contributed by atoms with E-state index in [2.05, 4.69) is 13.0 Å². The molecule has 0 aromatic heterocycles. The van der Waals surface area contributed by atoms with Crippen LogP contribution in [0.25, 0.3) is 0 Å². The van der Waals surface area contributed by atoms with Gasteiger partial charge in [0.2, 0.25) is 0 Å². The largest absolute Gasteiger partial charge is 0.289 e. The van der Waals surface area contributed by atoms with Crippen LogP contribution in [-0.4, -0.2) is 5.78 Å². The minimum atomic E-state index is 0. The van der Waals surface area contributed by atoms with Crippen molar-refractivity contribution in [2.24, 2.45) is 0 Å². The second-order valence-electron chi connectivity index (χ2n) is 8.44. The number of ketones is 1. The van der Waals surface area contributed by atoms with Crippen LogP contribution >= 0.6 is 0 Å². The summed E-state index contributed by atoms with van der Waals surface area (Å²) in [7, 11) is 0. The van der Waals surface area contributed by atoms with Crippen LogP contribution in [0.5, 0.6) is 0 Å². The van der Waals surface area contributed by atoms with Gasteiger partial charge in [0.25, 0.3) is 0 Å². The van der Waals surface area contributed by atoms with Gasteiger partial charge in [-0.1, -0.05) is 156 Å². The van der Waals surface area contributed by atoms with E-state index in [4.69, 9.17) is 0 Å². The maximum absolute atomic E-state index is 12.7. The molecule has 0 atom stereocenters. The Kier molecular flexibility index (Phi) is 17.2. The quantitative estimate of drug-likeness (QED) is 0.105. The second kappa shape index (κ2) is 19.5. The number of rotatable bonds is 13. The van der Waals surface area contributed by atoms with Crippen LogP contribution < -0.4 is 0 Å². The summed E-state index contributed by atoms with van der Waals surface area (Å²) in [5, 5.41) is 0. The van der Waals surface area contributed by atoms with Gasteiger partial charge in [0.15, 0.2) is 5.78 Å². The molecular weight excluding hydrogens is 585 g/mol. The maximum Gasteiger partial charge on any atom is 0.193 e. The molecule has 0 fully saturated rings. The number of carbonyl (C=O) groups is 1. The predicted molar refractivity (Wildman–Crippen MR) is 138 cm³/mol. The topological polar surface area (TPSA) is 17.1 Å². The summed E-state index contributed by atoms with van der Waals surface area (Å²) < 4.78 is 0. The number of carbonyl (C=O) groups excluding carboxylic acids is 1. The molecule has 1 nitrogen and oxygen atoms in total. The van der Waals surface area contributed by atoms with E-state index in [1.165, 1.54) is 69.8 Å². The Hall–Kier alpha value is -1.93. The van der Waals surface area contributed by atoms with Crippen molar-refractivity contribution in [3.8, 4) is 0 Å². The van der Waals surface area contributed by atoms with Crippen LogP contribution in [0.1, 0.15) is 92.6 Å². The molecule has 181 valence electrons. The molecule has 0 saturated heterocycles. The number of benzene rings is 3. The zero-order chi connectivity index (χ0) is 22.7. The molecule has 2 heteroatoms. The van der Waals surface area contributed by atoms with Crippen LogP contribution in [-0.2, 0) is 28.8 Å². The molecule has 0 amide bonds. The molecule has 1 radical (unpaired) electrons. The van der Waals surface area contributed by atoms with Crippen LogP contribution in [0.2, 0.25) is 0 Å². The molecular formula is C31H40AuO. The molecule has 3 aromatic rings. The van der Waals surface area contributed by atoms with Crippen molar-refractivity contribution < 1.29 is 27.2 Å². The van der Waals surface area contributed by atoms with Crippen molar-refractivity contribution in [3.05, 3.63) is 108 Å². The Labute approximate surface area is 217 Å². The van der Waals surface area contributed by atoms with E-state index >= 15 is 0 Å². The van der Waals surface area contributed by atoms with Crippen molar-refractivity contribution in [1.82, 2.24) is 0 Å². The summed E-state index contributed by atoms with van der Waals surface area (Å²) in [6.07, 6.45) is 14.4. The molecule has 0 aliphatic heterocycles. The fraction of sp³-hybridized carbons (Fsp3) is 0.387. The van der Waals surface area contributed by atoms with E-state index in [9.17, 15) is 4.79 Å². The first-order valence-corrected chi connectivity index (χ1v) is 12.5. The molecule has 0 heterocycles. The Morgan fingerprint density at radius 3 is 1.52 bits per heavy atom. The first kappa shape index (κ1) is 29.1. The van der Waals surface area contributed by atoms with Gasteiger partial charge in [-0.05, 0) is 18.4 Å². The molecule has 3 aromatic carbocycles. The van der Waals surface area contributed by atoms with Gasteiger partial charge in [0.05, 0.1) is 0 Å². The third-order valence-corrected chi connectivity index (χ3v) is 5.76. The van der Waals surface area contributed by atoms with E-state index in [1.54, 1.807) is 0 Å². The number of aryl methyl sites for hydroxylation is 1. The van der Waals surface area contributed by atoms with Gasteiger partial charge in [0, 0.05) is 33.5 Å². The minimum absolute atomic E-state index is 0. The van der Waals surface area contributed by atoms with Crippen LogP contribution in [0.15, 0.2) is 91.0 Å². The SMILES string of the molecule is CCCCCCCCCCCCc1ccccc1C(=O)c1ccccc1.[Au].c1ccccc1. The van der Waals surface area contributed by atoms with Gasteiger partial charge in [0.1, 0.15) is 0 Å². The van der Waals surface area contributed by atoms with E-state index < -0.39 is 0 Å². The summed E-state index contributed by atoms with van der Waals surface area (Å²) in [6, 6.07) is 29.7. The molecule has 0 aliphatic carbocycles. The van der Waals surface area contributed by atoms with Gasteiger partial charge >= 0.3 is 0 Å². The van der Waals surface area contributed by atoms with Crippen LogP contribution in [0, 0.1) is 0 Å². The van der Waals surface area contributed by atoms with Crippen molar-refractivity contribution in [2.75, 3.05) is 0 Å². The Bertz CT molecular complexity index is 818. The summed E-state index contributed by atoms with van der Waals surface area (Å²) in [6.45, 7) is 2.27. The average Bonchev–Trinajstić information content (AvgIpc) is 2.87. The molecule has 3 rings (SSSR count). The van der Waals surface area contributed by atoms with E-state index in [0.717, 1.165) is 17.5 Å². The Balaban J connectivity index is 0.000000673. The Morgan fingerprint density at radius 2 is 0.970 bits per heavy atom. The first-order chi connectivity index (χ1) is 15.8. The summed E-state index contributed by atoms with van der Waals surface area (Å²) in [5.74, 6) is 0.147. The van der Waals surface area contributed by atoms with Crippen molar-refractivity contribution in [2.45, 2.75) is 77.6 Å². The van der Waals surface area contributed by atoms with Crippen LogP contribution in [0.4, 0.5) is 0 Å². The van der Waals surface area contributed by atoms with Gasteiger partial charge in [-0.15, -0.1) is 0 Å².